The molecule has 0 spiro atoms. The Labute approximate surface area is 181 Å². The zero-order valence-electron chi connectivity index (χ0n) is 17.3. The minimum Gasteiger partial charge on any atom is -0.493 e. The zero-order chi connectivity index (χ0) is 21.6. The Morgan fingerprint density at radius 3 is 2.27 bits per heavy atom. The average Bonchev–Trinajstić information content (AvgIpc) is 2.73. The summed E-state index contributed by atoms with van der Waals surface area (Å²) in [6, 6.07) is 8.89. The van der Waals surface area contributed by atoms with Crippen LogP contribution in [0.15, 0.2) is 42.7 Å². The topological polar surface area (TPSA) is 88.5 Å². The van der Waals surface area contributed by atoms with Crippen LogP contribution in [-0.2, 0) is 4.43 Å². The molecule has 30 heavy (non-hydrogen) atoms. The van der Waals surface area contributed by atoms with Gasteiger partial charge in [0.2, 0.25) is 11.6 Å². The van der Waals surface area contributed by atoms with E-state index in [4.69, 9.17) is 30.2 Å². The number of benzene rings is 1. The summed E-state index contributed by atoms with van der Waals surface area (Å²) < 4.78 is 23.0. The van der Waals surface area contributed by atoms with E-state index in [0.29, 0.717) is 23.9 Å². The van der Waals surface area contributed by atoms with Crippen LogP contribution in [-0.4, -0.2) is 48.6 Å². The van der Waals surface area contributed by atoms with E-state index in [0.717, 1.165) is 0 Å². The maximum atomic E-state index is 6.44. The van der Waals surface area contributed by atoms with Crippen molar-refractivity contribution >= 4 is 19.9 Å². The number of rotatable bonds is 9. The lowest BCUT2D eigenvalue weighted by Crippen LogP contribution is -2.27. The van der Waals surface area contributed by atoms with E-state index in [9.17, 15) is 0 Å². The molecule has 0 saturated heterocycles. The predicted molar refractivity (Wildman–Crippen MR) is 116 cm³/mol. The van der Waals surface area contributed by atoms with E-state index >= 15 is 0 Å². The molecule has 2 aromatic heterocycles. The number of ether oxygens (including phenoxy) is 3. The quantitative estimate of drug-likeness (QED) is 0.267. The maximum Gasteiger partial charge on any atom is 0.263 e. The van der Waals surface area contributed by atoms with Gasteiger partial charge in [-0.2, -0.15) is 4.98 Å². The molecule has 158 valence electrons. The number of hydrogen-bond acceptors (Lipinski definition) is 8. The second-order valence-corrected chi connectivity index (χ2v) is 12.0. The number of methoxy groups -OCH3 is 1. The molecule has 3 aromatic rings. The molecule has 0 aliphatic heterocycles. The van der Waals surface area contributed by atoms with Crippen molar-refractivity contribution in [1.82, 2.24) is 19.9 Å². The minimum absolute atomic E-state index is 0.0690. The molecule has 1 aromatic carbocycles. The molecule has 3 rings (SSSR count). The van der Waals surface area contributed by atoms with Gasteiger partial charge in [0.15, 0.2) is 30.8 Å². The smallest absolute Gasteiger partial charge is 0.263 e. The highest BCUT2D eigenvalue weighted by atomic mass is 35.5. The molecule has 0 aliphatic carbocycles. The van der Waals surface area contributed by atoms with Crippen molar-refractivity contribution in [3.8, 4) is 34.8 Å². The Balaban J connectivity index is 1.93. The monoisotopic (exact) mass is 446 g/mol. The lowest BCUT2D eigenvalue weighted by Gasteiger charge is -2.18. The highest BCUT2D eigenvalue weighted by Gasteiger charge is 2.21. The van der Waals surface area contributed by atoms with Crippen molar-refractivity contribution in [3.05, 3.63) is 47.9 Å². The molecule has 0 amide bonds. The Kier molecular flexibility index (Phi) is 7.19. The first-order valence-corrected chi connectivity index (χ1v) is 13.1. The summed E-state index contributed by atoms with van der Waals surface area (Å²) in [5.74, 6) is 1.89. The van der Waals surface area contributed by atoms with Gasteiger partial charge in [-0.15, -0.1) is 0 Å². The van der Waals surface area contributed by atoms with Crippen LogP contribution in [0.5, 0.6) is 23.1 Å². The summed E-state index contributed by atoms with van der Waals surface area (Å²) >= 11 is 6.44. The van der Waals surface area contributed by atoms with E-state index < -0.39 is 8.32 Å². The first kappa shape index (κ1) is 21.9. The van der Waals surface area contributed by atoms with Crippen molar-refractivity contribution in [1.29, 1.82) is 0 Å². The third-order valence-corrected chi connectivity index (χ3v) is 5.02. The lowest BCUT2D eigenvalue weighted by atomic mass is 10.3. The molecule has 2 heterocycles. The second-order valence-electron chi connectivity index (χ2n) is 7.11. The van der Waals surface area contributed by atoms with Gasteiger partial charge in [-0.25, -0.2) is 15.0 Å². The summed E-state index contributed by atoms with van der Waals surface area (Å²) in [5, 5.41) is 0.0690. The fourth-order valence-electron chi connectivity index (χ4n) is 2.40. The highest BCUT2D eigenvalue weighted by Crippen LogP contribution is 2.40. The summed E-state index contributed by atoms with van der Waals surface area (Å²) in [5.41, 5.74) is 0. The fourth-order valence-corrected chi connectivity index (χ4v) is 3.30. The molecule has 0 aliphatic rings. The molecule has 0 bridgehead atoms. The Hall–Kier alpha value is -2.75. The third-order valence-electron chi connectivity index (χ3n) is 3.70. The Morgan fingerprint density at radius 1 is 0.900 bits per heavy atom. The number of para-hydroxylation sites is 2. The van der Waals surface area contributed by atoms with Gasteiger partial charge in [-0.05, 0) is 37.8 Å². The molecule has 8 nitrogen and oxygen atoms in total. The van der Waals surface area contributed by atoms with Crippen molar-refractivity contribution in [2.75, 3.05) is 20.3 Å². The summed E-state index contributed by atoms with van der Waals surface area (Å²) in [6.07, 6.45) is 3.20. The molecule has 0 radical (unpaired) electrons. The van der Waals surface area contributed by atoms with Crippen molar-refractivity contribution in [3.63, 3.8) is 0 Å². The highest BCUT2D eigenvalue weighted by molar-refractivity contribution is 6.69. The largest absolute Gasteiger partial charge is 0.493 e. The predicted octanol–water partition coefficient (Wildman–Crippen LogP) is 4.62. The Morgan fingerprint density at radius 2 is 1.60 bits per heavy atom. The van der Waals surface area contributed by atoms with Crippen molar-refractivity contribution in [2.24, 2.45) is 0 Å². The fraction of sp³-hybridized carbons (Fsp3) is 0.300. The number of halogens is 1. The van der Waals surface area contributed by atoms with Crippen molar-refractivity contribution in [2.45, 2.75) is 19.6 Å². The van der Waals surface area contributed by atoms with E-state index in [1.165, 1.54) is 0 Å². The van der Waals surface area contributed by atoms with Crippen LogP contribution in [0.2, 0.25) is 24.8 Å². The molecule has 0 saturated carbocycles. The molecule has 0 fully saturated rings. The first-order chi connectivity index (χ1) is 14.4. The zero-order valence-corrected chi connectivity index (χ0v) is 19.0. The number of nitrogens with zero attached hydrogens (tertiary/aromatic N) is 4. The van der Waals surface area contributed by atoms with E-state index in [2.05, 4.69) is 39.6 Å². The van der Waals surface area contributed by atoms with Crippen LogP contribution in [0.25, 0.3) is 11.6 Å². The second kappa shape index (κ2) is 9.83. The van der Waals surface area contributed by atoms with Crippen LogP contribution in [0.1, 0.15) is 0 Å². The van der Waals surface area contributed by atoms with E-state index in [1.807, 2.05) is 12.1 Å². The molecular weight excluding hydrogens is 424 g/mol. The molecular formula is C20H23ClN4O4Si. The van der Waals surface area contributed by atoms with Crippen LogP contribution in [0.3, 0.4) is 0 Å². The van der Waals surface area contributed by atoms with Crippen LogP contribution in [0, 0.1) is 0 Å². The molecule has 0 unspecified atom stereocenters. The third kappa shape index (κ3) is 5.88. The van der Waals surface area contributed by atoms with Gasteiger partial charge in [0, 0.05) is 12.4 Å². The lowest BCUT2D eigenvalue weighted by molar-refractivity contribution is 0.202. The normalized spacial score (nSPS) is 11.2. The van der Waals surface area contributed by atoms with Crippen LogP contribution < -0.4 is 14.2 Å². The molecule has 10 heteroatoms. The summed E-state index contributed by atoms with van der Waals surface area (Å²) in [4.78, 5) is 17.1. The van der Waals surface area contributed by atoms with Gasteiger partial charge in [-0.1, -0.05) is 23.7 Å². The SMILES string of the molecule is COc1ccccc1Oc1c(Cl)nc(-c2ncccn2)nc1OCCO[Si](C)(C)C. The first-order valence-electron chi connectivity index (χ1n) is 9.30. The minimum atomic E-state index is -1.66. The van der Waals surface area contributed by atoms with Gasteiger partial charge < -0.3 is 18.6 Å². The van der Waals surface area contributed by atoms with E-state index in [1.54, 1.807) is 37.7 Å². The number of hydrogen-bond donors (Lipinski definition) is 0. The maximum absolute atomic E-state index is 6.44. The standard InChI is InChI=1S/C20H23ClN4O4Si/c1-26-14-8-5-6-9-15(14)29-16-17(21)24-19(18-22-10-7-11-23-18)25-20(16)27-12-13-28-30(2,3)4/h5-11H,12-13H2,1-4H3. The summed E-state index contributed by atoms with van der Waals surface area (Å²) in [6.45, 7) is 7.01. The molecule has 0 N–H and O–H groups in total. The van der Waals surface area contributed by atoms with Gasteiger partial charge in [0.1, 0.15) is 6.61 Å². The van der Waals surface area contributed by atoms with Crippen molar-refractivity contribution < 1.29 is 18.6 Å². The molecule has 0 atom stereocenters. The average molecular weight is 447 g/mol. The van der Waals surface area contributed by atoms with E-state index in [-0.39, 0.29) is 29.2 Å². The number of aromatic nitrogens is 4. The van der Waals surface area contributed by atoms with Gasteiger partial charge in [-0.3, -0.25) is 0 Å². The van der Waals surface area contributed by atoms with Crippen LogP contribution >= 0.6 is 11.6 Å². The van der Waals surface area contributed by atoms with Gasteiger partial charge in [0.05, 0.1) is 13.7 Å². The Bertz CT molecular complexity index is 986. The summed E-state index contributed by atoms with van der Waals surface area (Å²) in [7, 11) is -0.107. The van der Waals surface area contributed by atoms with Gasteiger partial charge >= 0.3 is 0 Å². The van der Waals surface area contributed by atoms with Gasteiger partial charge in [0.25, 0.3) is 5.88 Å². The van der Waals surface area contributed by atoms with Crippen LogP contribution in [0.4, 0.5) is 0 Å².